The number of aliphatic hydroxyl groups excluding tert-OH is 2. The molecule has 0 saturated carbocycles. The Morgan fingerprint density at radius 3 is 1.51 bits per heavy atom. The number of allylic oxidation sites excluding steroid dienone is 1. The van der Waals surface area contributed by atoms with Crippen molar-refractivity contribution in [3.8, 4) is 0 Å². The van der Waals surface area contributed by atoms with Crippen molar-refractivity contribution in [3.05, 3.63) is 11.1 Å². The van der Waals surface area contributed by atoms with Crippen LogP contribution in [0.15, 0.2) is 11.1 Å². The van der Waals surface area contributed by atoms with Crippen LogP contribution in [0.5, 0.6) is 0 Å². The highest BCUT2D eigenvalue weighted by molar-refractivity contribution is 7.45. The first-order valence-electron chi connectivity index (χ1n) is 19.4. The standard InChI is InChI=1S/C38H76NO7P/c1-7-10-12-14-16-18-20-22-24-26-29-35(37(42)30-27-25-23-21-19-17-15-13-11-8-2)36(28-9-3)38(31-39(4,5)6)46-47(43,44)45-33-34(41)32-40/h34,38,40-41H,7-33H2,1-6H3/t34-,38?/m1/s1. The molecule has 8 nitrogen and oxygen atoms in total. The predicted octanol–water partition coefficient (Wildman–Crippen LogP) is 9.20. The Hall–Kier alpha value is -0.600. The topological polar surface area (TPSA) is 116 Å². The highest BCUT2D eigenvalue weighted by Gasteiger charge is 2.31. The van der Waals surface area contributed by atoms with E-state index in [0.29, 0.717) is 30.3 Å². The number of nitrogens with zero attached hydrogens (tertiary/aromatic N) is 1. The van der Waals surface area contributed by atoms with Gasteiger partial charge in [-0.05, 0) is 36.8 Å². The van der Waals surface area contributed by atoms with Crippen molar-refractivity contribution in [1.29, 1.82) is 0 Å². The number of aliphatic hydroxyl groups is 2. The summed E-state index contributed by atoms with van der Waals surface area (Å²) in [5.74, 6) is 0.122. The normalized spacial score (nSPS) is 15.3. The van der Waals surface area contributed by atoms with Crippen LogP contribution in [0.3, 0.4) is 0 Å². The molecule has 0 fully saturated rings. The molecule has 0 saturated heterocycles. The van der Waals surface area contributed by atoms with Crippen LogP contribution in [0.1, 0.15) is 175 Å². The molecule has 0 rings (SSSR count). The number of rotatable bonds is 34. The molecule has 0 bridgehead atoms. The van der Waals surface area contributed by atoms with Crippen molar-refractivity contribution < 1.29 is 38.0 Å². The van der Waals surface area contributed by atoms with Gasteiger partial charge in [-0.25, -0.2) is 0 Å². The first kappa shape index (κ1) is 46.4. The fourth-order valence-electron chi connectivity index (χ4n) is 6.09. The van der Waals surface area contributed by atoms with E-state index < -0.39 is 33.2 Å². The zero-order valence-corrected chi connectivity index (χ0v) is 32.5. The molecule has 0 radical (unpaired) electrons. The van der Waals surface area contributed by atoms with E-state index in [1.807, 2.05) is 28.1 Å². The number of Topliss-reactive ketones (excluding diaryl/α,β-unsaturated/α-hetero) is 1. The number of ketones is 1. The summed E-state index contributed by atoms with van der Waals surface area (Å²) in [5, 5.41) is 18.8. The van der Waals surface area contributed by atoms with Gasteiger partial charge in [0.25, 0.3) is 7.82 Å². The molecule has 0 heterocycles. The second kappa shape index (κ2) is 29.2. The van der Waals surface area contributed by atoms with Gasteiger partial charge in [0.2, 0.25) is 0 Å². The minimum absolute atomic E-state index is 0.122. The molecule has 9 heteroatoms. The van der Waals surface area contributed by atoms with Gasteiger partial charge in [0.1, 0.15) is 18.8 Å². The average Bonchev–Trinajstić information content (AvgIpc) is 3.01. The van der Waals surface area contributed by atoms with Crippen molar-refractivity contribution in [3.63, 3.8) is 0 Å². The van der Waals surface area contributed by atoms with Crippen LogP contribution in [0.2, 0.25) is 0 Å². The third-order valence-corrected chi connectivity index (χ3v) is 9.75. The number of phosphoric ester groups is 1. The van der Waals surface area contributed by atoms with E-state index in [9.17, 15) is 19.4 Å². The quantitative estimate of drug-likeness (QED) is 0.0300. The smallest absolute Gasteiger partial charge is 0.268 e. The first-order valence-corrected chi connectivity index (χ1v) is 20.8. The maximum atomic E-state index is 13.9. The van der Waals surface area contributed by atoms with Crippen LogP contribution >= 0.6 is 7.82 Å². The third kappa shape index (κ3) is 26.9. The Balaban J connectivity index is 5.71. The van der Waals surface area contributed by atoms with E-state index >= 15 is 0 Å². The van der Waals surface area contributed by atoms with Gasteiger partial charge >= 0.3 is 0 Å². The lowest BCUT2D eigenvalue weighted by atomic mass is 9.89. The molecule has 47 heavy (non-hydrogen) atoms. The molecule has 0 spiro atoms. The lowest BCUT2D eigenvalue weighted by Crippen LogP contribution is -2.44. The number of phosphoric acid groups is 1. The molecule has 0 aromatic carbocycles. The van der Waals surface area contributed by atoms with Crippen LogP contribution in [0.4, 0.5) is 0 Å². The summed E-state index contributed by atoms with van der Waals surface area (Å²) in [7, 11) is 1.09. The molecule has 0 aliphatic rings. The van der Waals surface area contributed by atoms with E-state index in [2.05, 4.69) is 13.8 Å². The third-order valence-electron chi connectivity index (χ3n) is 8.78. The second-order valence-corrected chi connectivity index (χ2v) is 16.1. The monoisotopic (exact) mass is 690 g/mol. The van der Waals surface area contributed by atoms with Gasteiger partial charge in [0.15, 0.2) is 5.78 Å². The maximum Gasteiger partial charge on any atom is 0.268 e. The molecule has 0 aromatic rings. The van der Waals surface area contributed by atoms with E-state index in [-0.39, 0.29) is 5.78 Å². The minimum Gasteiger partial charge on any atom is -0.756 e. The van der Waals surface area contributed by atoms with Crippen molar-refractivity contribution in [2.24, 2.45) is 0 Å². The molecular weight excluding hydrogens is 613 g/mol. The van der Waals surface area contributed by atoms with Gasteiger partial charge < -0.3 is 28.6 Å². The molecular formula is C38H76NO7P. The van der Waals surface area contributed by atoms with E-state index in [1.165, 1.54) is 89.9 Å². The molecule has 2 N–H and O–H groups in total. The van der Waals surface area contributed by atoms with Gasteiger partial charge in [-0.15, -0.1) is 0 Å². The molecule has 280 valence electrons. The number of carbonyl (C=O) groups is 1. The lowest BCUT2D eigenvalue weighted by Gasteiger charge is -2.35. The Kier molecular flexibility index (Phi) is 28.8. The van der Waals surface area contributed by atoms with Crippen LogP contribution in [-0.4, -0.2) is 73.6 Å². The number of likely N-dealkylation sites (N-methyl/N-ethyl adjacent to an activating group) is 1. The number of unbranched alkanes of at least 4 members (excludes halogenated alkanes) is 18. The summed E-state index contributed by atoms with van der Waals surface area (Å²) in [6, 6.07) is 0. The van der Waals surface area contributed by atoms with Crippen molar-refractivity contribution in [2.75, 3.05) is 40.9 Å². The van der Waals surface area contributed by atoms with Crippen molar-refractivity contribution in [2.45, 2.75) is 187 Å². The van der Waals surface area contributed by atoms with Crippen LogP contribution in [0, 0.1) is 0 Å². The van der Waals surface area contributed by atoms with Crippen LogP contribution < -0.4 is 4.89 Å². The highest BCUT2D eigenvalue weighted by atomic mass is 31.2. The number of hydrogen-bond donors (Lipinski definition) is 2. The molecule has 0 aliphatic carbocycles. The van der Waals surface area contributed by atoms with Gasteiger partial charge in [-0.1, -0.05) is 143 Å². The summed E-state index contributed by atoms with van der Waals surface area (Å²) in [4.78, 5) is 26.9. The Morgan fingerprint density at radius 1 is 0.681 bits per heavy atom. The fourth-order valence-corrected chi connectivity index (χ4v) is 7.01. The Labute approximate surface area is 290 Å². The van der Waals surface area contributed by atoms with Gasteiger partial charge in [0, 0.05) is 6.42 Å². The highest BCUT2D eigenvalue weighted by Crippen LogP contribution is 2.43. The van der Waals surface area contributed by atoms with Gasteiger partial charge in [-0.3, -0.25) is 9.36 Å². The second-order valence-electron chi connectivity index (χ2n) is 14.7. The van der Waals surface area contributed by atoms with Gasteiger partial charge in [0.05, 0.1) is 34.4 Å². The van der Waals surface area contributed by atoms with Crippen LogP contribution in [0.25, 0.3) is 0 Å². The average molecular weight is 690 g/mol. The molecule has 0 amide bonds. The molecule has 3 atom stereocenters. The number of carbonyl (C=O) groups excluding carboxylic acids is 1. The van der Waals surface area contributed by atoms with Crippen molar-refractivity contribution >= 4 is 13.6 Å². The largest absolute Gasteiger partial charge is 0.756 e. The van der Waals surface area contributed by atoms with E-state index in [0.717, 1.165) is 56.1 Å². The Bertz CT molecular complexity index is 842. The summed E-state index contributed by atoms with van der Waals surface area (Å²) >= 11 is 0. The summed E-state index contributed by atoms with van der Waals surface area (Å²) in [5.41, 5.74) is 1.52. The van der Waals surface area contributed by atoms with E-state index in [4.69, 9.17) is 14.2 Å². The van der Waals surface area contributed by atoms with Crippen molar-refractivity contribution in [1.82, 2.24) is 0 Å². The molecule has 0 aliphatic heterocycles. The molecule has 2 unspecified atom stereocenters. The minimum atomic E-state index is -4.83. The zero-order valence-electron chi connectivity index (χ0n) is 31.6. The molecule has 0 aromatic heterocycles. The van der Waals surface area contributed by atoms with E-state index in [1.54, 1.807) is 0 Å². The first-order chi connectivity index (χ1) is 22.4. The maximum absolute atomic E-state index is 13.9. The van der Waals surface area contributed by atoms with Crippen LogP contribution in [-0.2, 0) is 18.4 Å². The summed E-state index contributed by atoms with van der Waals surface area (Å²) < 4.78 is 24.1. The summed E-state index contributed by atoms with van der Waals surface area (Å²) in [6.07, 6.45) is 24.4. The zero-order chi connectivity index (χ0) is 35.4. The number of hydrogen-bond acceptors (Lipinski definition) is 7. The Morgan fingerprint density at radius 2 is 1.11 bits per heavy atom. The fraction of sp³-hybridized carbons (Fsp3) is 0.921. The lowest BCUT2D eigenvalue weighted by molar-refractivity contribution is -0.872. The summed E-state index contributed by atoms with van der Waals surface area (Å²) in [6.45, 7) is 5.68. The predicted molar refractivity (Wildman–Crippen MR) is 194 cm³/mol. The van der Waals surface area contributed by atoms with Gasteiger partial charge in [-0.2, -0.15) is 0 Å². The SMILES string of the molecule is CCCCCCCCCCCCC(=O)C(CCCCCCCCCCCC)=C(CCC)C(C[N+](C)(C)C)OP(=O)([O-])OC[C@H](O)CO. The number of quaternary nitrogens is 1.